The minimum Gasteiger partial charge on any atom is -0.375 e. The van der Waals surface area contributed by atoms with Gasteiger partial charge in [0.2, 0.25) is 5.91 Å². The lowest BCUT2D eigenvalue weighted by Gasteiger charge is -2.17. The van der Waals surface area contributed by atoms with Gasteiger partial charge < -0.3 is 10.2 Å². The van der Waals surface area contributed by atoms with E-state index < -0.39 is 0 Å². The van der Waals surface area contributed by atoms with Crippen LogP contribution in [0.5, 0.6) is 0 Å². The summed E-state index contributed by atoms with van der Waals surface area (Å²) in [6.45, 7) is 2.39. The molecule has 1 aliphatic carbocycles. The van der Waals surface area contributed by atoms with Gasteiger partial charge in [-0.05, 0) is 47.3 Å². The zero-order chi connectivity index (χ0) is 12.4. The van der Waals surface area contributed by atoms with Crippen molar-refractivity contribution in [1.82, 2.24) is 4.90 Å². The van der Waals surface area contributed by atoms with Gasteiger partial charge in [0.1, 0.15) is 0 Å². The maximum absolute atomic E-state index is 11.8. The second-order valence-corrected chi connectivity index (χ2v) is 5.32. The molecule has 2 rings (SSSR count). The van der Waals surface area contributed by atoms with Crippen LogP contribution in [0, 0.1) is 6.92 Å². The third-order valence-corrected chi connectivity index (χ3v) is 4.16. The molecule has 0 aromatic heterocycles. The van der Waals surface area contributed by atoms with Crippen molar-refractivity contribution < 1.29 is 4.79 Å². The Morgan fingerprint density at radius 3 is 2.88 bits per heavy atom. The highest BCUT2D eigenvalue weighted by Crippen LogP contribution is 2.27. The predicted molar refractivity (Wildman–Crippen MR) is 73.2 cm³/mol. The number of amides is 1. The molecular weight excluding hydrogens is 280 g/mol. The summed E-state index contributed by atoms with van der Waals surface area (Å²) in [5.74, 6) is 0.154. The number of hydrogen-bond acceptors (Lipinski definition) is 2. The van der Waals surface area contributed by atoms with Gasteiger partial charge in [-0.1, -0.05) is 12.1 Å². The number of benzene rings is 1. The summed E-state index contributed by atoms with van der Waals surface area (Å²) in [5, 5.41) is 3.18. The highest BCUT2D eigenvalue weighted by Gasteiger charge is 2.29. The van der Waals surface area contributed by atoms with Gasteiger partial charge in [-0.3, -0.25) is 4.79 Å². The molecule has 92 valence electrons. The van der Waals surface area contributed by atoms with Crippen LogP contribution in [-0.2, 0) is 4.79 Å². The molecule has 1 saturated carbocycles. The van der Waals surface area contributed by atoms with Crippen LogP contribution in [0.25, 0.3) is 0 Å². The molecule has 1 aromatic rings. The average Bonchev–Trinajstić information content (AvgIpc) is 3.13. The van der Waals surface area contributed by atoms with Crippen molar-refractivity contribution in [2.45, 2.75) is 25.8 Å². The molecule has 1 aliphatic rings. The first-order valence-electron chi connectivity index (χ1n) is 5.84. The van der Waals surface area contributed by atoms with Crippen molar-refractivity contribution in [3.05, 3.63) is 28.2 Å². The molecule has 1 N–H and O–H groups in total. The summed E-state index contributed by atoms with van der Waals surface area (Å²) < 4.78 is 1.03. The number of aryl methyl sites for hydroxylation is 1. The van der Waals surface area contributed by atoms with Gasteiger partial charge in [-0.2, -0.15) is 0 Å². The Hall–Kier alpha value is -1.03. The van der Waals surface area contributed by atoms with Crippen LogP contribution in [0.3, 0.4) is 0 Å². The van der Waals surface area contributed by atoms with Gasteiger partial charge in [0.15, 0.2) is 0 Å². The van der Waals surface area contributed by atoms with Gasteiger partial charge in [0.25, 0.3) is 0 Å². The Labute approximate surface area is 110 Å². The van der Waals surface area contributed by atoms with E-state index in [1.54, 1.807) is 0 Å². The Balaban J connectivity index is 1.93. The number of halogens is 1. The van der Waals surface area contributed by atoms with E-state index in [0.717, 1.165) is 28.6 Å². The summed E-state index contributed by atoms with van der Waals surface area (Å²) in [7, 11) is 1.88. The van der Waals surface area contributed by atoms with Gasteiger partial charge in [-0.15, -0.1) is 0 Å². The molecule has 0 saturated heterocycles. The van der Waals surface area contributed by atoms with E-state index in [-0.39, 0.29) is 5.91 Å². The topological polar surface area (TPSA) is 32.3 Å². The molecule has 0 spiro atoms. The van der Waals surface area contributed by atoms with Crippen molar-refractivity contribution in [3.8, 4) is 0 Å². The standard InChI is InChI=1S/C13H17BrN2O/c1-9-4-3-5-11(13(9)14)15-8-12(17)16(2)10-6-7-10/h3-5,10,15H,6-8H2,1-2H3. The van der Waals surface area contributed by atoms with Crippen molar-refractivity contribution in [2.24, 2.45) is 0 Å². The molecule has 0 bridgehead atoms. The summed E-state index contributed by atoms with van der Waals surface area (Å²) in [6.07, 6.45) is 2.30. The van der Waals surface area contributed by atoms with E-state index in [4.69, 9.17) is 0 Å². The molecule has 0 aliphatic heterocycles. The zero-order valence-electron chi connectivity index (χ0n) is 10.2. The summed E-state index contributed by atoms with van der Waals surface area (Å²) in [4.78, 5) is 13.7. The van der Waals surface area contributed by atoms with Crippen molar-refractivity contribution >= 4 is 27.5 Å². The minimum atomic E-state index is 0.154. The fraction of sp³-hybridized carbons (Fsp3) is 0.462. The molecule has 17 heavy (non-hydrogen) atoms. The van der Waals surface area contributed by atoms with Crippen LogP contribution in [-0.4, -0.2) is 30.4 Å². The lowest BCUT2D eigenvalue weighted by molar-refractivity contribution is -0.128. The molecule has 0 unspecified atom stereocenters. The summed E-state index contributed by atoms with van der Waals surface area (Å²) in [5.41, 5.74) is 2.14. The summed E-state index contributed by atoms with van der Waals surface area (Å²) in [6, 6.07) is 6.47. The zero-order valence-corrected chi connectivity index (χ0v) is 11.8. The first-order chi connectivity index (χ1) is 8.09. The first kappa shape index (κ1) is 12.4. The first-order valence-corrected chi connectivity index (χ1v) is 6.63. The van der Waals surface area contributed by atoms with Crippen LogP contribution in [0.2, 0.25) is 0 Å². The Bertz CT molecular complexity index is 429. The second-order valence-electron chi connectivity index (χ2n) is 4.53. The Kier molecular flexibility index (Phi) is 3.72. The van der Waals surface area contributed by atoms with Gasteiger partial charge in [0.05, 0.1) is 6.54 Å². The maximum atomic E-state index is 11.8. The van der Waals surface area contributed by atoms with Gasteiger partial charge >= 0.3 is 0 Å². The number of carbonyl (C=O) groups is 1. The fourth-order valence-electron chi connectivity index (χ4n) is 1.74. The van der Waals surface area contributed by atoms with E-state index >= 15 is 0 Å². The molecule has 4 heteroatoms. The quantitative estimate of drug-likeness (QED) is 0.927. The predicted octanol–water partition coefficient (Wildman–Crippen LogP) is 2.79. The number of nitrogens with one attached hydrogen (secondary N) is 1. The lowest BCUT2D eigenvalue weighted by Crippen LogP contribution is -2.33. The SMILES string of the molecule is Cc1cccc(NCC(=O)N(C)C2CC2)c1Br. The second kappa shape index (κ2) is 5.08. The highest BCUT2D eigenvalue weighted by molar-refractivity contribution is 9.10. The number of anilines is 1. The van der Waals surface area contributed by atoms with Crippen LogP contribution < -0.4 is 5.32 Å². The van der Waals surface area contributed by atoms with Gasteiger partial charge in [0, 0.05) is 23.2 Å². The van der Waals surface area contributed by atoms with Crippen LogP contribution in [0.15, 0.2) is 22.7 Å². The van der Waals surface area contributed by atoms with E-state index in [9.17, 15) is 4.79 Å². The number of likely N-dealkylation sites (N-methyl/N-ethyl adjacent to an activating group) is 1. The van der Waals surface area contributed by atoms with Crippen LogP contribution >= 0.6 is 15.9 Å². The molecule has 0 atom stereocenters. The Morgan fingerprint density at radius 2 is 2.24 bits per heavy atom. The molecule has 1 aromatic carbocycles. The normalized spacial score (nSPS) is 14.5. The highest BCUT2D eigenvalue weighted by atomic mass is 79.9. The largest absolute Gasteiger partial charge is 0.375 e. The number of rotatable bonds is 4. The fourth-order valence-corrected chi connectivity index (χ4v) is 2.15. The van der Waals surface area contributed by atoms with E-state index in [0.29, 0.717) is 12.6 Å². The molecule has 0 radical (unpaired) electrons. The van der Waals surface area contributed by atoms with Crippen molar-refractivity contribution in [3.63, 3.8) is 0 Å². The van der Waals surface area contributed by atoms with Crippen LogP contribution in [0.4, 0.5) is 5.69 Å². The third kappa shape index (κ3) is 3.00. The number of nitrogens with zero attached hydrogens (tertiary/aromatic N) is 1. The smallest absolute Gasteiger partial charge is 0.241 e. The molecular formula is C13H17BrN2O. The van der Waals surface area contributed by atoms with Crippen LogP contribution in [0.1, 0.15) is 18.4 Å². The van der Waals surface area contributed by atoms with E-state index in [2.05, 4.69) is 21.2 Å². The molecule has 1 amide bonds. The van der Waals surface area contributed by atoms with Crippen molar-refractivity contribution in [2.75, 3.05) is 18.9 Å². The van der Waals surface area contributed by atoms with E-state index in [1.165, 1.54) is 0 Å². The Morgan fingerprint density at radius 1 is 1.53 bits per heavy atom. The lowest BCUT2D eigenvalue weighted by atomic mass is 10.2. The average molecular weight is 297 g/mol. The summed E-state index contributed by atoms with van der Waals surface area (Å²) >= 11 is 3.52. The monoisotopic (exact) mass is 296 g/mol. The maximum Gasteiger partial charge on any atom is 0.241 e. The number of hydrogen-bond donors (Lipinski definition) is 1. The number of carbonyl (C=O) groups excluding carboxylic acids is 1. The van der Waals surface area contributed by atoms with Gasteiger partial charge in [-0.25, -0.2) is 0 Å². The third-order valence-electron chi connectivity index (χ3n) is 3.11. The minimum absolute atomic E-state index is 0.154. The molecule has 1 fully saturated rings. The molecule has 0 heterocycles. The molecule has 3 nitrogen and oxygen atoms in total. The van der Waals surface area contributed by atoms with Crippen molar-refractivity contribution in [1.29, 1.82) is 0 Å². The van der Waals surface area contributed by atoms with E-state index in [1.807, 2.05) is 37.1 Å².